The van der Waals surface area contributed by atoms with Crippen LogP contribution < -0.4 is 30.6 Å². The van der Waals surface area contributed by atoms with Gasteiger partial charge in [-0.1, -0.05) is 290 Å². The van der Waals surface area contributed by atoms with E-state index in [4.69, 9.17) is 19.2 Å². The van der Waals surface area contributed by atoms with Gasteiger partial charge >= 0.3 is 0 Å². The number of aliphatic imine (C=N–C) groups is 3. The van der Waals surface area contributed by atoms with Gasteiger partial charge in [0.05, 0.1) is 17.1 Å². The fourth-order valence-corrected chi connectivity index (χ4v) is 10.0. The second kappa shape index (κ2) is 56.0. The quantitative estimate of drug-likeness (QED) is 0.0407. The van der Waals surface area contributed by atoms with Crippen LogP contribution in [0.3, 0.4) is 0 Å². The number of nitrogens with zero attached hydrogens (tertiary/aromatic N) is 3. The third-order valence-corrected chi connectivity index (χ3v) is 14.6. The van der Waals surface area contributed by atoms with Gasteiger partial charge in [-0.2, -0.15) is 22.8 Å². The van der Waals surface area contributed by atoms with Crippen molar-refractivity contribution in [2.75, 3.05) is 0 Å². The van der Waals surface area contributed by atoms with E-state index in [1.807, 2.05) is 0 Å². The molecule has 0 fully saturated rings. The third-order valence-electron chi connectivity index (χ3n) is 14.6. The lowest BCUT2D eigenvalue weighted by Crippen LogP contribution is -2.80. The van der Waals surface area contributed by atoms with E-state index in [0.717, 1.165) is 0 Å². The lowest BCUT2D eigenvalue weighted by atomic mass is 10.0. The molecule has 3 heterocycles. The highest BCUT2D eigenvalue weighted by atomic mass is 31.2. The molecule has 0 spiro atoms. The molecule has 0 aromatic heterocycles. The topological polar surface area (TPSA) is 173 Å². The van der Waals surface area contributed by atoms with Gasteiger partial charge in [-0.25, -0.2) is 0 Å². The fourth-order valence-electron chi connectivity index (χ4n) is 10.0. The average molecular weight is 1060 g/mol. The number of amidine groups is 3. The molecule has 10 nitrogen and oxygen atoms in total. The maximum atomic E-state index is 8.55. The van der Waals surface area contributed by atoms with Crippen LogP contribution in [0.1, 0.15) is 350 Å². The Bertz CT molecular complexity index is 1320. The first-order valence-electron chi connectivity index (χ1n) is 32.0. The Labute approximate surface area is 459 Å². The number of unbranched alkanes of at least 4 members (excludes halogenated alkanes) is 42. The summed E-state index contributed by atoms with van der Waals surface area (Å²) in [5, 5.41) is 6.54. The predicted molar refractivity (Wildman–Crippen MR) is 316 cm³/mol. The zero-order valence-electron chi connectivity index (χ0n) is 49.8. The summed E-state index contributed by atoms with van der Waals surface area (Å²) in [4.78, 5) is 39.2. The highest BCUT2D eigenvalue weighted by Crippen LogP contribution is 2.17. The maximum Gasteiger partial charge on any atom is 0.204 e. The largest absolute Gasteiger partial charge is 0.822 e. The van der Waals surface area contributed by atoms with Crippen LogP contribution in [0.5, 0.6) is 0 Å². The highest BCUT2D eigenvalue weighted by molar-refractivity contribution is 7.40. The lowest BCUT2D eigenvalue weighted by molar-refractivity contribution is -0.461. The SMILES string of the molecule is CCCCCCCCCCCCCCCCCC1=NC(C)=C[NH2+]1.CCCCCCCCCCCCCCCCCC1=NC(C)=C[NH2+]1.CCCCCCCCCCCCCCCCCC1=NC(C)=C[NH2+]1.O=P([O-])([O-])[O-]. The summed E-state index contributed by atoms with van der Waals surface area (Å²) >= 11 is 0. The van der Waals surface area contributed by atoms with Crippen LogP contribution in [0.2, 0.25) is 0 Å². The van der Waals surface area contributed by atoms with E-state index in [0.29, 0.717) is 0 Å². The molecule has 3 aliphatic heterocycles. The van der Waals surface area contributed by atoms with E-state index in [2.05, 4.69) is 91.1 Å². The molecule has 11 heteroatoms. The van der Waals surface area contributed by atoms with Crippen LogP contribution >= 0.6 is 7.82 Å². The molecule has 0 unspecified atom stereocenters. The van der Waals surface area contributed by atoms with Gasteiger partial charge in [0.15, 0.2) is 0 Å². The van der Waals surface area contributed by atoms with Crippen molar-refractivity contribution in [2.45, 2.75) is 350 Å². The Hall–Kier alpha value is -1.78. The Balaban J connectivity index is 0.00000103. The molecule has 6 N–H and O–H groups in total. The molecule has 3 aliphatic rings. The summed E-state index contributed by atoms with van der Waals surface area (Å²) in [7, 11) is -5.39. The van der Waals surface area contributed by atoms with Crippen LogP contribution in [-0.2, 0) is 4.57 Å². The first kappa shape index (κ1) is 72.2. The normalized spacial score (nSPS) is 14.0. The number of hydrogen-bond acceptors (Lipinski definition) is 7. The first-order valence-corrected chi connectivity index (χ1v) is 33.4. The van der Waals surface area contributed by atoms with Gasteiger partial charge in [0.25, 0.3) is 0 Å². The predicted octanol–water partition coefficient (Wildman–Crippen LogP) is 15.4. The van der Waals surface area contributed by atoms with Crippen molar-refractivity contribution in [2.24, 2.45) is 15.0 Å². The van der Waals surface area contributed by atoms with Gasteiger partial charge in [-0.05, 0) is 40.0 Å². The molecule has 0 bridgehead atoms. The van der Waals surface area contributed by atoms with Crippen LogP contribution in [0.15, 0.2) is 50.7 Å². The van der Waals surface area contributed by atoms with Gasteiger partial charge in [-0.3, -0.25) is 16.0 Å². The van der Waals surface area contributed by atoms with Gasteiger partial charge in [0, 0.05) is 19.3 Å². The second-order valence-electron chi connectivity index (χ2n) is 22.3. The average Bonchev–Trinajstić information content (AvgIpc) is 4.12. The maximum absolute atomic E-state index is 8.55. The number of quaternary nitrogens is 3. The van der Waals surface area contributed by atoms with Crippen molar-refractivity contribution in [3.8, 4) is 0 Å². The van der Waals surface area contributed by atoms with Gasteiger partial charge < -0.3 is 19.2 Å². The Morgan fingerprint density at radius 1 is 0.297 bits per heavy atom. The number of rotatable bonds is 48. The molecule has 74 heavy (non-hydrogen) atoms. The monoisotopic (exact) mass is 1060 g/mol. The fraction of sp³-hybridized carbons (Fsp3) is 0.857. The van der Waals surface area contributed by atoms with Gasteiger partial charge in [0.1, 0.15) is 18.6 Å². The molecule has 0 saturated carbocycles. The van der Waals surface area contributed by atoms with Crippen LogP contribution in [-0.4, -0.2) is 17.5 Å². The smallest absolute Gasteiger partial charge is 0.204 e. The minimum Gasteiger partial charge on any atom is -0.822 e. The molecule has 0 aromatic rings. The van der Waals surface area contributed by atoms with E-state index >= 15 is 0 Å². The Kier molecular flexibility index (Phi) is 54.6. The molecular formula is C63H123N6O4P. The van der Waals surface area contributed by atoms with Crippen LogP contribution in [0, 0.1) is 0 Å². The van der Waals surface area contributed by atoms with Crippen molar-refractivity contribution < 1.29 is 35.2 Å². The van der Waals surface area contributed by atoms with E-state index < -0.39 is 7.82 Å². The highest BCUT2D eigenvalue weighted by Gasteiger charge is 2.11. The summed E-state index contributed by atoms with van der Waals surface area (Å²) in [6.07, 6.45) is 74.4. The molecule has 3 rings (SSSR count). The van der Waals surface area contributed by atoms with Crippen molar-refractivity contribution in [1.29, 1.82) is 0 Å². The molecule has 0 aromatic carbocycles. The zero-order valence-corrected chi connectivity index (χ0v) is 50.7. The molecular weight excluding hydrogens is 936 g/mol. The standard InChI is InChI=1S/3C21H40N2.H3O4P/c3*1-3-4-5-6-7-8-9-10-11-12-13-14-15-16-17-18-21-22-19-20(2)23-21;1-5(2,3)4/h3*19H,3-18H2,1-2H3,(H,22,23);(H3,1,2,3,4). The summed E-state index contributed by atoms with van der Waals surface area (Å²) in [5.41, 5.74) is 3.50. The van der Waals surface area contributed by atoms with E-state index in [1.54, 1.807) is 0 Å². The van der Waals surface area contributed by atoms with Crippen LogP contribution in [0.4, 0.5) is 0 Å². The summed E-state index contributed by atoms with van der Waals surface area (Å²) in [5.74, 6) is 3.87. The molecule has 0 atom stereocenters. The van der Waals surface area contributed by atoms with Crippen molar-refractivity contribution in [3.63, 3.8) is 0 Å². The number of nitrogens with two attached hydrogens (primary N) is 3. The first-order chi connectivity index (χ1) is 36.0. The molecule has 434 valence electrons. The zero-order chi connectivity index (χ0) is 54.3. The van der Waals surface area contributed by atoms with Crippen molar-refractivity contribution >= 4 is 25.3 Å². The van der Waals surface area contributed by atoms with E-state index in [-0.39, 0.29) is 0 Å². The number of hydrogen-bond donors (Lipinski definition) is 3. The lowest BCUT2D eigenvalue weighted by Gasteiger charge is -2.36. The summed E-state index contributed by atoms with van der Waals surface area (Å²) < 4.78 is 8.55. The molecule has 0 amide bonds. The minimum atomic E-state index is -5.39. The number of phosphoric acid groups is 1. The van der Waals surface area contributed by atoms with E-state index in [9.17, 15) is 0 Å². The van der Waals surface area contributed by atoms with Crippen molar-refractivity contribution in [1.82, 2.24) is 0 Å². The summed E-state index contributed by atoms with van der Waals surface area (Å²) in [6, 6.07) is 0. The van der Waals surface area contributed by atoms with Gasteiger partial charge in [0.2, 0.25) is 17.5 Å². The third kappa shape index (κ3) is 57.9. The molecule has 0 aliphatic carbocycles. The second-order valence-corrected chi connectivity index (χ2v) is 23.2. The summed E-state index contributed by atoms with van der Waals surface area (Å²) in [6.45, 7) is 13.1. The number of allylic oxidation sites excluding steroid dienone is 3. The Morgan fingerprint density at radius 3 is 0.554 bits per heavy atom. The Morgan fingerprint density at radius 2 is 0.432 bits per heavy atom. The van der Waals surface area contributed by atoms with Crippen LogP contribution in [0.25, 0.3) is 0 Å². The van der Waals surface area contributed by atoms with Gasteiger partial charge in [-0.15, -0.1) is 0 Å². The minimum absolute atomic E-state index is 1.17. The molecule has 0 radical (unpaired) electrons. The molecule has 0 saturated heterocycles. The van der Waals surface area contributed by atoms with Crippen molar-refractivity contribution in [3.05, 3.63) is 35.7 Å². The van der Waals surface area contributed by atoms with E-state index in [1.165, 1.54) is 343 Å².